The van der Waals surface area contributed by atoms with Crippen LogP contribution in [0.4, 0.5) is 0 Å². The first-order valence-corrected chi connectivity index (χ1v) is 14.5. The minimum absolute atomic E-state index is 0.00915. The molecule has 1 aromatic heterocycles. The maximum absolute atomic E-state index is 13.3. The van der Waals surface area contributed by atoms with Gasteiger partial charge in [-0.15, -0.1) is 0 Å². The molecule has 0 amide bonds. The van der Waals surface area contributed by atoms with E-state index in [0.717, 1.165) is 55.5 Å². The van der Waals surface area contributed by atoms with Gasteiger partial charge in [0.15, 0.2) is 0 Å². The summed E-state index contributed by atoms with van der Waals surface area (Å²) in [6.45, 7) is 18.3. The van der Waals surface area contributed by atoms with Gasteiger partial charge in [0.1, 0.15) is 5.82 Å². The number of unbranched alkanes of at least 4 members (excludes halogenated alkanes) is 1. The third-order valence-electron chi connectivity index (χ3n) is 8.26. The third kappa shape index (κ3) is 6.75. The van der Waals surface area contributed by atoms with E-state index in [1.807, 2.05) is 4.57 Å². The van der Waals surface area contributed by atoms with Crippen molar-refractivity contribution in [2.45, 2.75) is 117 Å². The number of aryl methyl sites for hydroxylation is 2. The van der Waals surface area contributed by atoms with Gasteiger partial charge in [0, 0.05) is 13.0 Å². The predicted molar refractivity (Wildman–Crippen MR) is 160 cm³/mol. The Morgan fingerprint density at radius 3 is 2.00 bits per heavy atom. The monoisotopic (exact) mass is 531 g/mol. The molecule has 0 atom stereocenters. The van der Waals surface area contributed by atoms with Gasteiger partial charge in [0.25, 0.3) is 0 Å². The Balaban J connectivity index is 1.40. The van der Waals surface area contributed by atoms with Crippen LogP contribution in [0.2, 0.25) is 0 Å². The van der Waals surface area contributed by atoms with Gasteiger partial charge in [0.05, 0.1) is 17.7 Å². The van der Waals surface area contributed by atoms with Crippen LogP contribution in [-0.2, 0) is 40.7 Å². The van der Waals surface area contributed by atoms with Crippen molar-refractivity contribution >= 4 is 12.6 Å². The number of hydrogen-bond acceptors (Lipinski definition) is 4. The van der Waals surface area contributed by atoms with Crippen molar-refractivity contribution < 1.29 is 9.31 Å². The van der Waals surface area contributed by atoms with E-state index in [2.05, 4.69) is 104 Å². The van der Waals surface area contributed by atoms with Crippen LogP contribution >= 0.6 is 0 Å². The van der Waals surface area contributed by atoms with E-state index in [-0.39, 0.29) is 29.4 Å². The van der Waals surface area contributed by atoms with Crippen molar-refractivity contribution in [1.29, 1.82) is 0 Å². The van der Waals surface area contributed by atoms with Gasteiger partial charge < -0.3 is 9.31 Å². The zero-order valence-corrected chi connectivity index (χ0v) is 25.2. The van der Waals surface area contributed by atoms with Crippen molar-refractivity contribution in [3.8, 4) is 0 Å². The summed E-state index contributed by atoms with van der Waals surface area (Å²) in [4.78, 5) is 13.3. The number of hydrogen-bond donors (Lipinski definition) is 0. The number of nitrogens with zero attached hydrogens (tertiary/aromatic N) is 3. The lowest BCUT2D eigenvalue weighted by molar-refractivity contribution is 0.00578. The lowest BCUT2D eigenvalue weighted by Crippen LogP contribution is -2.41. The van der Waals surface area contributed by atoms with Crippen LogP contribution in [-0.4, -0.2) is 32.7 Å². The second-order valence-corrected chi connectivity index (χ2v) is 13.0. The molecule has 2 heterocycles. The fourth-order valence-electron chi connectivity index (χ4n) is 4.87. The lowest BCUT2D eigenvalue weighted by atomic mass is 9.78. The molecule has 7 heteroatoms. The number of benzene rings is 2. The summed E-state index contributed by atoms with van der Waals surface area (Å²) in [5, 5.41) is 4.79. The van der Waals surface area contributed by atoms with Crippen LogP contribution in [0.1, 0.15) is 97.2 Å². The molecule has 4 rings (SSSR count). The van der Waals surface area contributed by atoms with E-state index in [9.17, 15) is 4.79 Å². The van der Waals surface area contributed by atoms with Crippen LogP contribution in [0.15, 0.2) is 53.3 Å². The quantitative estimate of drug-likeness (QED) is 0.317. The molecule has 2 aromatic carbocycles. The highest BCUT2D eigenvalue weighted by atomic mass is 16.7. The molecule has 39 heavy (non-hydrogen) atoms. The van der Waals surface area contributed by atoms with Gasteiger partial charge in [-0.05, 0) is 74.5 Å². The zero-order valence-electron chi connectivity index (χ0n) is 25.2. The highest BCUT2D eigenvalue weighted by Crippen LogP contribution is 2.36. The first-order valence-electron chi connectivity index (χ1n) is 14.5. The van der Waals surface area contributed by atoms with Crippen molar-refractivity contribution in [3.05, 3.63) is 81.5 Å². The Hall–Kier alpha value is -2.64. The Labute approximate surface area is 234 Å². The fraction of sp³-hybridized carbons (Fsp3) is 0.562. The van der Waals surface area contributed by atoms with Gasteiger partial charge in [-0.3, -0.25) is 4.57 Å². The van der Waals surface area contributed by atoms with Gasteiger partial charge in [0.2, 0.25) is 0 Å². The van der Waals surface area contributed by atoms with E-state index in [0.29, 0.717) is 6.54 Å². The van der Waals surface area contributed by atoms with Crippen molar-refractivity contribution in [2.24, 2.45) is 0 Å². The normalized spacial score (nSPS) is 16.7. The Morgan fingerprint density at radius 1 is 0.846 bits per heavy atom. The molecule has 6 nitrogen and oxygen atoms in total. The molecule has 0 radical (unpaired) electrons. The maximum Gasteiger partial charge on any atom is 0.494 e. The molecule has 0 unspecified atom stereocenters. The molecular weight excluding hydrogens is 485 g/mol. The topological polar surface area (TPSA) is 58.3 Å². The molecule has 0 saturated carbocycles. The first-order chi connectivity index (χ1) is 18.3. The van der Waals surface area contributed by atoms with Crippen LogP contribution in [0, 0.1) is 0 Å². The molecule has 1 fully saturated rings. The Bertz CT molecular complexity index is 1280. The average molecular weight is 532 g/mol. The van der Waals surface area contributed by atoms with E-state index < -0.39 is 0 Å². The van der Waals surface area contributed by atoms with E-state index in [1.165, 1.54) is 11.1 Å². The van der Waals surface area contributed by atoms with Gasteiger partial charge in [-0.1, -0.05) is 82.6 Å². The summed E-state index contributed by atoms with van der Waals surface area (Å²) < 4.78 is 15.9. The first kappa shape index (κ1) is 29.4. The minimum Gasteiger partial charge on any atom is -0.399 e. The molecule has 0 bridgehead atoms. The standard InChI is InChI=1S/C32H46BN3O3/c1-9-10-22-35-28(34-36(29(35)37)23-25-14-18-26(19-15-25)30(2,3)4)13-11-12-24-16-20-27(21-17-24)33-38-31(5,6)32(7,8)39-33/h14-21H,9-13,22-23H2,1-8H3. The molecule has 1 aliphatic rings. The minimum atomic E-state index is -0.344. The second-order valence-electron chi connectivity index (χ2n) is 13.0. The van der Waals surface area contributed by atoms with Crippen LogP contribution in [0.25, 0.3) is 0 Å². The van der Waals surface area contributed by atoms with Gasteiger partial charge in [-0.2, -0.15) is 5.10 Å². The van der Waals surface area contributed by atoms with Gasteiger partial charge >= 0.3 is 12.8 Å². The average Bonchev–Trinajstić information content (AvgIpc) is 3.28. The van der Waals surface area contributed by atoms with E-state index in [4.69, 9.17) is 14.4 Å². The third-order valence-corrected chi connectivity index (χ3v) is 8.26. The Morgan fingerprint density at radius 2 is 1.44 bits per heavy atom. The fourth-order valence-corrected chi connectivity index (χ4v) is 4.87. The highest BCUT2D eigenvalue weighted by Gasteiger charge is 2.51. The summed E-state index contributed by atoms with van der Waals surface area (Å²) in [5.41, 5.74) is 4.10. The largest absolute Gasteiger partial charge is 0.494 e. The molecule has 0 N–H and O–H groups in total. The lowest BCUT2D eigenvalue weighted by Gasteiger charge is -2.32. The summed E-state index contributed by atoms with van der Waals surface area (Å²) >= 11 is 0. The van der Waals surface area contributed by atoms with Gasteiger partial charge in [-0.25, -0.2) is 9.48 Å². The molecule has 1 saturated heterocycles. The van der Waals surface area contributed by atoms with Crippen molar-refractivity contribution in [2.75, 3.05) is 0 Å². The van der Waals surface area contributed by atoms with Crippen molar-refractivity contribution in [3.63, 3.8) is 0 Å². The molecule has 0 spiro atoms. The smallest absolute Gasteiger partial charge is 0.399 e. The molecule has 1 aliphatic heterocycles. The Kier molecular flexibility index (Phi) is 8.63. The maximum atomic E-state index is 13.3. The van der Waals surface area contributed by atoms with Crippen LogP contribution < -0.4 is 11.2 Å². The predicted octanol–water partition coefficient (Wildman–Crippen LogP) is 5.67. The number of rotatable bonds is 10. The molecule has 3 aromatic rings. The highest BCUT2D eigenvalue weighted by molar-refractivity contribution is 6.62. The summed E-state index contributed by atoms with van der Waals surface area (Å²) in [6, 6.07) is 17.1. The summed E-state index contributed by atoms with van der Waals surface area (Å²) in [6.07, 6.45) is 4.64. The second kappa shape index (κ2) is 11.5. The van der Waals surface area contributed by atoms with E-state index in [1.54, 1.807) is 4.68 Å². The molecule has 210 valence electrons. The summed E-state index contributed by atoms with van der Waals surface area (Å²) in [5.74, 6) is 0.883. The molecular formula is C32H46BN3O3. The van der Waals surface area contributed by atoms with E-state index >= 15 is 0 Å². The zero-order chi connectivity index (χ0) is 28.4. The molecule has 0 aliphatic carbocycles. The van der Waals surface area contributed by atoms with Crippen molar-refractivity contribution in [1.82, 2.24) is 14.3 Å². The number of aromatic nitrogens is 3. The SMILES string of the molecule is CCCCn1c(CCCc2ccc(B3OC(C)(C)C(C)(C)O3)cc2)nn(Cc2ccc(C(C)(C)C)cc2)c1=O. The van der Waals surface area contributed by atoms with Crippen LogP contribution in [0.3, 0.4) is 0 Å². The van der Waals surface area contributed by atoms with Crippen LogP contribution in [0.5, 0.6) is 0 Å². The summed E-state index contributed by atoms with van der Waals surface area (Å²) in [7, 11) is -0.342.